The maximum atomic E-state index is 13.0. The Kier molecular flexibility index (Phi) is 6.47. The first-order valence-electron chi connectivity index (χ1n) is 9.30. The molecule has 0 bridgehead atoms. The average Bonchev–Trinajstić information content (AvgIpc) is 3.06. The Morgan fingerprint density at radius 2 is 1.71 bits per heavy atom. The van der Waals surface area contributed by atoms with Crippen molar-refractivity contribution in [3.63, 3.8) is 0 Å². The second kappa shape index (κ2) is 8.91. The molecule has 0 spiro atoms. The molecule has 9 heteroatoms. The first-order valence-corrected chi connectivity index (χ1v) is 11.6. The number of nitrogens with one attached hydrogen (secondary N) is 1. The largest absolute Gasteiger partial charge is 0.465 e. The van der Waals surface area contributed by atoms with Crippen LogP contribution >= 0.6 is 11.3 Å². The van der Waals surface area contributed by atoms with Crippen molar-refractivity contribution in [2.45, 2.75) is 18.7 Å². The van der Waals surface area contributed by atoms with Crippen molar-refractivity contribution in [1.82, 2.24) is 0 Å². The zero-order chi connectivity index (χ0) is 22.8. The highest BCUT2D eigenvalue weighted by Gasteiger charge is 2.24. The number of carbonyl (C=O) groups is 2. The van der Waals surface area contributed by atoms with Crippen LogP contribution in [0.1, 0.15) is 31.2 Å². The van der Waals surface area contributed by atoms with E-state index in [2.05, 4.69) is 5.32 Å². The molecular weight excluding hydrogens is 436 g/mol. The molecule has 0 aliphatic rings. The summed E-state index contributed by atoms with van der Waals surface area (Å²) in [4.78, 5) is 25.8. The predicted molar refractivity (Wildman–Crippen MR) is 122 cm³/mol. The molecule has 0 saturated carbocycles. The van der Waals surface area contributed by atoms with Crippen LogP contribution in [0.2, 0.25) is 0 Å². The van der Waals surface area contributed by atoms with Gasteiger partial charge >= 0.3 is 5.97 Å². The van der Waals surface area contributed by atoms with Crippen molar-refractivity contribution in [1.29, 1.82) is 0 Å². The van der Waals surface area contributed by atoms with Crippen LogP contribution in [0, 0.1) is 13.8 Å². The molecule has 1 N–H and O–H groups in total. The van der Waals surface area contributed by atoms with Crippen LogP contribution in [0.5, 0.6) is 0 Å². The summed E-state index contributed by atoms with van der Waals surface area (Å²) in [5.74, 6) is -1.07. The number of esters is 1. The van der Waals surface area contributed by atoms with E-state index in [0.29, 0.717) is 16.3 Å². The number of ether oxygens (including phenoxy) is 1. The number of sulfonamides is 1. The number of thiophene rings is 1. The number of carbonyl (C=O) groups excluding carboxylic acids is 2. The van der Waals surface area contributed by atoms with Crippen LogP contribution < -0.4 is 9.62 Å². The molecule has 0 aliphatic carbocycles. The van der Waals surface area contributed by atoms with Gasteiger partial charge in [-0.25, -0.2) is 13.2 Å². The number of hydrogen-bond donors (Lipinski definition) is 1. The summed E-state index contributed by atoms with van der Waals surface area (Å²) >= 11 is 1.26. The lowest BCUT2D eigenvalue weighted by atomic mass is 10.1. The molecule has 0 fully saturated rings. The SMILES string of the molecule is COC(=O)c1c(NC(=O)c2cccc(S(=O)(=O)N(C)c3ccccc3)c2)sc(C)c1C. The maximum absolute atomic E-state index is 13.0. The number of methoxy groups -OCH3 is 1. The fraction of sp³-hybridized carbons (Fsp3) is 0.182. The molecule has 0 saturated heterocycles. The zero-order valence-corrected chi connectivity index (χ0v) is 19.1. The topological polar surface area (TPSA) is 92.8 Å². The quantitative estimate of drug-likeness (QED) is 0.558. The number of rotatable bonds is 6. The van der Waals surface area contributed by atoms with E-state index in [-0.39, 0.29) is 10.5 Å². The maximum Gasteiger partial charge on any atom is 0.341 e. The van der Waals surface area contributed by atoms with Gasteiger partial charge in [-0.05, 0) is 49.7 Å². The van der Waals surface area contributed by atoms with E-state index in [1.54, 1.807) is 37.3 Å². The van der Waals surface area contributed by atoms with E-state index in [1.165, 1.54) is 49.8 Å². The van der Waals surface area contributed by atoms with Crippen LogP contribution in [-0.4, -0.2) is 34.5 Å². The molecule has 1 aromatic heterocycles. The minimum Gasteiger partial charge on any atom is -0.465 e. The van der Waals surface area contributed by atoms with E-state index in [9.17, 15) is 18.0 Å². The second-order valence-corrected chi connectivity index (χ2v) is 9.96. The fourth-order valence-electron chi connectivity index (χ4n) is 2.97. The Hall–Kier alpha value is -3.17. The minimum absolute atomic E-state index is 0.0155. The fourth-order valence-corrected chi connectivity index (χ4v) is 5.26. The van der Waals surface area contributed by atoms with Crippen LogP contribution in [0.4, 0.5) is 10.7 Å². The normalized spacial score (nSPS) is 11.1. The second-order valence-electron chi connectivity index (χ2n) is 6.77. The first-order chi connectivity index (χ1) is 14.7. The van der Waals surface area contributed by atoms with Crippen LogP contribution in [-0.2, 0) is 14.8 Å². The molecule has 31 heavy (non-hydrogen) atoms. The summed E-state index contributed by atoms with van der Waals surface area (Å²) in [5.41, 5.74) is 1.69. The first kappa shape index (κ1) is 22.5. The lowest BCUT2D eigenvalue weighted by Crippen LogP contribution is -2.26. The summed E-state index contributed by atoms with van der Waals surface area (Å²) < 4.78 is 32.0. The van der Waals surface area contributed by atoms with E-state index in [0.717, 1.165) is 14.7 Å². The summed E-state index contributed by atoms with van der Waals surface area (Å²) in [5, 5.41) is 3.08. The van der Waals surface area contributed by atoms with Gasteiger partial charge in [-0.1, -0.05) is 24.3 Å². The molecule has 0 aliphatic heterocycles. The van der Waals surface area contributed by atoms with E-state index in [1.807, 2.05) is 6.92 Å². The smallest absolute Gasteiger partial charge is 0.341 e. The molecule has 0 atom stereocenters. The van der Waals surface area contributed by atoms with Crippen molar-refractivity contribution in [3.8, 4) is 0 Å². The highest BCUT2D eigenvalue weighted by atomic mass is 32.2. The number of para-hydroxylation sites is 1. The summed E-state index contributed by atoms with van der Waals surface area (Å²) in [6, 6.07) is 14.4. The lowest BCUT2D eigenvalue weighted by molar-refractivity contribution is 0.0601. The summed E-state index contributed by atoms with van der Waals surface area (Å²) in [7, 11) is -1.14. The Balaban J connectivity index is 1.91. The Labute approximate surface area is 185 Å². The molecule has 162 valence electrons. The zero-order valence-electron chi connectivity index (χ0n) is 17.5. The number of anilines is 2. The van der Waals surface area contributed by atoms with Crippen LogP contribution in [0.25, 0.3) is 0 Å². The molecule has 2 aromatic carbocycles. The van der Waals surface area contributed by atoms with Crippen LogP contribution in [0.15, 0.2) is 59.5 Å². The van der Waals surface area contributed by atoms with Crippen molar-refractivity contribution in [2.75, 3.05) is 23.8 Å². The molecule has 7 nitrogen and oxygen atoms in total. The van der Waals surface area contributed by atoms with Gasteiger partial charge < -0.3 is 10.1 Å². The summed E-state index contributed by atoms with van der Waals surface area (Å²) in [6.45, 7) is 3.62. The number of hydrogen-bond acceptors (Lipinski definition) is 6. The van der Waals surface area contributed by atoms with Gasteiger partial charge in [0.2, 0.25) is 0 Å². The number of aryl methyl sites for hydroxylation is 1. The monoisotopic (exact) mass is 458 g/mol. The molecule has 0 radical (unpaired) electrons. The lowest BCUT2D eigenvalue weighted by Gasteiger charge is -2.19. The number of benzene rings is 2. The molecule has 3 rings (SSSR count). The van der Waals surface area contributed by atoms with Gasteiger partial charge in [0.15, 0.2) is 0 Å². The average molecular weight is 459 g/mol. The third kappa shape index (κ3) is 4.47. The van der Waals surface area contributed by atoms with E-state index >= 15 is 0 Å². The van der Waals surface area contributed by atoms with Gasteiger partial charge in [0, 0.05) is 17.5 Å². The highest BCUT2D eigenvalue weighted by molar-refractivity contribution is 7.92. The van der Waals surface area contributed by atoms with Gasteiger partial charge in [-0.3, -0.25) is 9.10 Å². The third-order valence-corrected chi connectivity index (χ3v) is 7.78. The molecule has 3 aromatic rings. The predicted octanol–water partition coefficient (Wildman–Crippen LogP) is 4.23. The van der Waals surface area contributed by atoms with Gasteiger partial charge in [-0.2, -0.15) is 0 Å². The van der Waals surface area contributed by atoms with Gasteiger partial charge in [0.05, 0.1) is 23.3 Å². The standard InChI is InChI=1S/C22H22N2O5S2/c1-14-15(2)30-21(19(14)22(26)29-4)23-20(25)16-9-8-12-18(13-16)31(27,28)24(3)17-10-6-5-7-11-17/h5-13H,1-4H3,(H,23,25). The van der Waals surface area contributed by atoms with Crippen molar-refractivity contribution < 1.29 is 22.7 Å². The van der Waals surface area contributed by atoms with E-state index < -0.39 is 21.9 Å². The highest BCUT2D eigenvalue weighted by Crippen LogP contribution is 2.33. The number of amides is 1. The van der Waals surface area contributed by atoms with Crippen molar-refractivity contribution in [3.05, 3.63) is 76.2 Å². The third-order valence-electron chi connectivity index (χ3n) is 4.88. The van der Waals surface area contributed by atoms with Gasteiger partial charge in [0.1, 0.15) is 5.00 Å². The van der Waals surface area contributed by atoms with Crippen molar-refractivity contribution in [2.24, 2.45) is 0 Å². The minimum atomic E-state index is -3.87. The van der Waals surface area contributed by atoms with Crippen molar-refractivity contribution >= 4 is 43.9 Å². The number of nitrogens with zero attached hydrogens (tertiary/aromatic N) is 1. The molecule has 0 unspecified atom stereocenters. The van der Waals surface area contributed by atoms with Crippen LogP contribution in [0.3, 0.4) is 0 Å². The van der Waals surface area contributed by atoms with Gasteiger partial charge in [-0.15, -0.1) is 11.3 Å². The molecule has 1 heterocycles. The molecular formula is C22H22N2O5S2. The van der Waals surface area contributed by atoms with E-state index in [4.69, 9.17) is 4.74 Å². The summed E-state index contributed by atoms with van der Waals surface area (Å²) in [6.07, 6.45) is 0. The Bertz CT molecular complexity index is 1230. The Morgan fingerprint density at radius 3 is 2.35 bits per heavy atom. The Morgan fingerprint density at radius 1 is 1.03 bits per heavy atom. The van der Waals surface area contributed by atoms with Gasteiger partial charge in [0.25, 0.3) is 15.9 Å². The molecule has 1 amide bonds.